The van der Waals surface area contributed by atoms with Crippen LogP contribution in [0.4, 0.5) is 4.79 Å². The van der Waals surface area contributed by atoms with Crippen LogP contribution in [0, 0.1) is 13.8 Å². The summed E-state index contributed by atoms with van der Waals surface area (Å²) in [6.45, 7) is 15.0. The van der Waals surface area contributed by atoms with E-state index in [1.54, 1.807) is 9.42 Å². The number of carbonyl (C=O) groups is 2. The molecule has 0 aliphatic carbocycles. The highest BCUT2D eigenvalue weighted by Gasteiger charge is 2.33. The van der Waals surface area contributed by atoms with Gasteiger partial charge in [0.15, 0.2) is 5.65 Å². The fourth-order valence-electron chi connectivity index (χ4n) is 5.24. The number of nitrogens with zero attached hydrogens (tertiary/aromatic N) is 6. The summed E-state index contributed by atoms with van der Waals surface area (Å²) in [6, 6.07) is 7.92. The molecule has 0 radical (unpaired) electrons. The lowest BCUT2D eigenvalue weighted by molar-refractivity contribution is 0.00459. The van der Waals surface area contributed by atoms with Crippen molar-refractivity contribution in [2.45, 2.75) is 72.8 Å². The van der Waals surface area contributed by atoms with E-state index < -0.39 is 5.60 Å². The van der Waals surface area contributed by atoms with Gasteiger partial charge in [0.25, 0.3) is 5.91 Å². The molecule has 3 aromatic rings. The molecule has 0 bridgehead atoms. The Morgan fingerprint density at radius 3 is 2.55 bits per heavy atom. The van der Waals surface area contributed by atoms with Gasteiger partial charge in [-0.05, 0) is 53.2 Å². The van der Waals surface area contributed by atoms with Crippen LogP contribution in [-0.2, 0) is 24.4 Å². The smallest absolute Gasteiger partial charge is 0.410 e. The minimum atomic E-state index is -0.518. The van der Waals surface area contributed by atoms with E-state index in [0.717, 1.165) is 33.9 Å². The van der Waals surface area contributed by atoms with Crippen molar-refractivity contribution in [1.29, 1.82) is 0 Å². The predicted molar refractivity (Wildman–Crippen MR) is 145 cm³/mol. The molecule has 1 fully saturated rings. The summed E-state index contributed by atoms with van der Waals surface area (Å²) < 4.78 is 7.34. The molecule has 1 atom stereocenters. The summed E-state index contributed by atoms with van der Waals surface area (Å²) in [5, 5.41) is 5.33. The van der Waals surface area contributed by atoms with Crippen molar-refractivity contribution in [2.24, 2.45) is 0 Å². The molecule has 0 spiro atoms. The summed E-state index contributed by atoms with van der Waals surface area (Å²) in [4.78, 5) is 36.8. The number of ether oxygens (including phenoxy) is 1. The largest absolute Gasteiger partial charge is 0.444 e. The van der Waals surface area contributed by atoms with Crippen LogP contribution >= 0.6 is 11.6 Å². The number of aryl methyl sites for hydroxylation is 2. The molecule has 2 aliphatic rings. The van der Waals surface area contributed by atoms with Crippen LogP contribution in [0.3, 0.4) is 0 Å². The number of carbonyl (C=O) groups excluding carboxylic acids is 2. The molecule has 2 aliphatic heterocycles. The van der Waals surface area contributed by atoms with Crippen molar-refractivity contribution in [1.82, 2.24) is 29.3 Å². The summed E-state index contributed by atoms with van der Waals surface area (Å²) in [6.07, 6.45) is -0.276. The molecule has 2 amide bonds. The quantitative estimate of drug-likeness (QED) is 0.485. The monoisotopic (exact) mass is 538 g/mol. The molecular formula is C28H35ClN6O3. The molecule has 9 nitrogen and oxygen atoms in total. The van der Waals surface area contributed by atoms with Crippen LogP contribution in [0.5, 0.6) is 0 Å². The molecule has 38 heavy (non-hydrogen) atoms. The third-order valence-electron chi connectivity index (χ3n) is 7.28. The van der Waals surface area contributed by atoms with Crippen molar-refractivity contribution in [3.05, 3.63) is 63.1 Å². The van der Waals surface area contributed by atoms with Gasteiger partial charge in [0.2, 0.25) is 0 Å². The van der Waals surface area contributed by atoms with E-state index in [4.69, 9.17) is 21.4 Å². The summed E-state index contributed by atoms with van der Waals surface area (Å²) in [5.41, 5.74) is 5.37. The third-order valence-corrected chi connectivity index (χ3v) is 7.83. The first-order chi connectivity index (χ1) is 17.9. The number of fused-ring (bicyclic) bond motifs is 3. The lowest BCUT2D eigenvalue weighted by atomic mass is 10.0. The predicted octanol–water partition coefficient (Wildman–Crippen LogP) is 4.60. The molecule has 1 saturated heterocycles. The maximum Gasteiger partial charge on any atom is 0.410 e. The Hall–Kier alpha value is -3.17. The molecule has 0 saturated carbocycles. The number of hydrogen-bond acceptors (Lipinski definition) is 6. The second kappa shape index (κ2) is 9.85. The minimum Gasteiger partial charge on any atom is -0.444 e. The van der Waals surface area contributed by atoms with E-state index in [9.17, 15) is 9.59 Å². The standard InChI is InChI=1S/C28H35ClN6O3/c1-17-13-33(27(37)38-28(4,5)6)12-11-32(17)14-20-9-7-8-10-21(20)26(36)34-15-22-23(16-34)31-35-19(3)24(29)18(2)30-25(22)35/h7-10,17H,11-16H2,1-6H3/t17-/m1/s1. The summed E-state index contributed by atoms with van der Waals surface area (Å²) in [7, 11) is 0. The Bertz CT molecular complexity index is 1410. The molecule has 0 unspecified atom stereocenters. The zero-order valence-corrected chi connectivity index (χ0v) is 23.7. The van der Waals surface area contributed by atoms with Crippen LogP contribution in [0.2, 0.25) is 5.02 Å². The van der Waals surface area contributed by atoms with Gasteiger partial charge in [-0.2, -0.15) is 5.10 Å². The van der Waals surface area contributed by atoms with Crippen molar-refractivity contribution in [3.8, 4) is 0 Å². The van der Waals surface area contributed by atoms with Crippen LogP contribution < -0.4 is 0 Å². The highest BCUT2D eigenvalue weighted by Crippen LogP contribution is 2.30. The zero-order chi connectivity index (χ0) is 27.4. The van der Waals surface area contributed by atoms with Crippen LogP contribution in [0.1, 0.15) is 66.3 Å². The Morgan fingerprint density at radius 1 is 1.11 bits per heavy atom. The van der Waals surface area contributed by atoms with Crippen molar-refractivity contribution in [3.63, 3.8) is 0 Å². The van der Waals surface area contributed by atoms with Gasteiger partial charge in [0.05, 0.1) is 35.2 Å². The number of rotatable bonds is 3. The van der Waals surface area contributed by atoms with E-state index in [-0.39, 0.29) is 18.0 Å². The number of halogens is 1. The first kappa shape index (κ1) is 26.4. The first-order valence-electron chi connectivity index (χ1n) is 13.0. The molecule has 2 aromatic heterocycles. The van der Waals surface area contributed by atoms with Gasteiger partial charge in [-0.15, -0.1) is 0 Å². The minimum absolute atomic E-state index is 0.0146. The van der Waals surface area contributed by atoms with Crippen molar-refractivity contribution in [2.75, 3.05) is 19.6 Å². The summed E-state index contributed by atoms with van der Waals surface area (Å²) in [5.74, 6) is -0.0146. The Labute approximate surface area is 228 Å². The van der Waals surface area contributed by atoms with E-state index in [0.29, 0.717) is 49.9 Å². The van der Waals surface area contributed by atoms with Gasteiger partial charge in [0, 0.05) is 43.3 Å². The lowest BCUT2D eigenvalue weighted by Gasteiger charge is -2.40. The fourth-order valence-corrected chi connectivity index (χ4v) is 5.36. The van der Waals surface area contributed by atoms with E-state index in [1.807, 2.05) is 63.8 Å². The van der Waals surface area contributed by atoms with E-state index >= 15 is 0 Å². The van der Waals surface area contributed by atoms with Gasteiger partial charge < -0.3 is 14.5 Å². The molecule has 0 N–H and O–H groups in total. The molecule has 5 rings (SSSR count). The molecular weight excluding hydrogens is 504 g/mol. The number of benzene rings is 1. The second-order valence-electron chi connectivity index (χ2n) is 11.3. The van der Waals surface area contributed by atoms with E-state index in [1.165, 1.54) is 0 Å². The highest BCUT2D eigenvalue weighted by atomic mass is 35.5. The second-order valence-corrected chi connectivity index (χ2v) is 11.7. The Kier molecular flexibility index (Phi) is 6.86. The number of hydrogen-bond donors (Lipinski definition) is 0. The average molecular weight is 539 g/mol. The van der Waals surface area contributed by atoms with Gasteiger partial charge in [-0.1, -0.05) is 29.8 Å². The maximum absolute atomic E-state index is 13.7. The molecule has 4 heterocycles. The normalized spacial score (nSPS) is 18.2. The van der Waals surface area contributed by atoms with Crippen LogP contribution in [0.15, 0.2) is 24.3 Å². The SMILES string of the molecule is Cc1nc2c3c(nn2c(C)c1Cl)CN(C(=O)c1ccccc1CN1CCN(C(=O)OC(C)(C)C)C[C@H]1C)C3. The van der Waals surface area contributed by atoms with Gasteiger partial charge in [0.1, 0.15) is 5.60 Å². The topological polar surface area (TPSA) is 83.3 Å². The Morgan fingerprint density at radius 2 is 1.84 bits per heavy atom. The summed E-state index contributed by atoms with van der Waals surface area (Å²) >= 11 is 6.38. The van der Waals surface area contributed by atoms with Gasteiger partial charge in [-0.3, -0.25) is 9.69 Å². The highest BCUT2D eigenvalue weighted by molar-refractivity contribution is 6.31. The third kappa shape index (κ3) is 4.97. The van der Waals surface area contributed by atoms with Crippen molar-refractivity contribution < 1.29 is 14.3 Å². The number of aromatic nitrogens is 3. The van der Waals surface area contributed by atoms with Gasteiger partial charge in [-0.25, -0.2) is 14.3 Å². The van der Waals surface area contributed by atoms with Crippen molar-refractivity contribution >= 4 is 29.2 Å². The van der Waals surface area contributed by atoms with Crippen LogP contribution in [0.25, 0.3) is 5.65 Å². The Balaban J connectivity index is 1.29. The van der Waals surface area contributed by atoms with E-state index in [2.05, 4.69) is 16.8 Å². The maximum atomic E-state index is 13.7. The fraction of sp³-hybridized carbons (Fsp3) is 0.500. The zero-order valence-electron chi connectivity index (χ0n) is 22.9. The van der Waals surface area contributed by atoms with Crippen LogP contribution in [-0.4, -0.2) is 72.6 Å². The first-order valence-corrected chi connectivity index (χ1v) is 13.4. The molecule has 202 valence electrons. The number of amides is 2. The lowest BCUT2D eigenvalue weighted by Crippen LogP contribution is -2.54. The average Bonchev–Trinajstić information content (AvgIpc) is 3.42. The number of piperazine rings is 1. The van der Waals surface area contributed by atoms with Gasteiger partial charge >= 0.3 is 6.09 Å². The molecule has 1 aromatic carbocycles. The molecule has 10 heteroatoms.